The number of hydrogen-bond acceptors (Lipinski definition) is 4. The van der Waals surface area contributed by atoms with E-state index in [2.05, 4.69) is 54.4 Å². The van der Waals surface area contributed by atoms with Crippen LogP contribution >= 0.6 is 0 Å². The van der Waals surface area contributed by atoms with Crippen molar-refractivity contribution in [1.82, 2.24) is 20.1 Å². The van der Waals surface area contributed by atoms with Gasteiger partial charge in [-0.05, 0) is 44.4 Å². The first-order valence-electron chi connectivity index (χ1n) is 6.82. The third-order valence-corrected chi connectivity index (χ3v) is 3.43. The minimum Gasteiger partial charge on any atom is -0.396 e. The van der Waals surface area contributed by atoms with Crippen LogP contribution in [0.15, 0.2) is 30.9 Å². The van der Waals surface area contributed by atoms with Crippen LogP contribution in [0.5, 0.6) is 0 Å². The number of hydrogen-bond donors (Lipinski definition) is 2. The summed E-state index contributed by atoms with van der Waals surface area (Å²) in [5.74, 6) is 0. The molecule has 1 aromatic carbocycles. The Morgan fingerprint density at radius 1 is 1.35 bits per heavy atom. The summed E-state index contributed by atoms with van der Waals surface area (Å²) in [5.41, 5.74) is 3.36. The van der Waals surface area contributed by atoms with Gasteiger partial charge in [0.05, 0.1) is 5.69 Å². The van der Waals surface area contributed by atoms with Gasteiger partial charge in [-0.1, -0.05) is 12.1 Å². The molecule has 0 amide bonds. The van der Waals surface area contributed by atoms with Gasteiger partial charge in [0.1, 0.15) is 12.7 Å². The third kappa shape index (κ3) is 3.65. The van der Waals surface area contributed by atoms with E-state index in [-0.39, 0.29) is 12.1 Å². The van der Waals surface area contributed by atoms with E-state index in [1.54, 1.807) is 11.0 Å². The molecule has 5 heteroatoms. The quantitative estimate of drug-likeness (QED) is 0.843. The topological polar surface area (TPSA) is 63.0 Å². The van der Waals surface area contributed by atoms with E-state index in [0.29, 0.717) is 0 Å². The van der Waals surface area contributed by atoms with Crippen molar-refractivity contribution < 1.29 is 5.11 Å². The normalized spacial score (nSPS) is 11.8. The van der Waals surface area contributed by atoms with Crippen LogP contribution in [0.1, 0.15) is 31.4 Å². The highest BCUT2D eigenvalue weighted by Crippen LogP contribution is 2.16. The van der Waals surface area contributed by atoms with E-state index in [1.807, 2.05) is 0 Å². The van der Waals surface area contributed by atoms with Crippen molar-refractivity contribution in [3.8, 4) is 5.69 Å². The van der Waals surface area contributed by atoms with Crippen LogP contribution in [0.25, 0.3) is 5.69 Å². The van der Waals surface area contributed by atoms with Crippen molar-refractivity contribution in [2.45, 2.75) is 39.3 Å². The highest BCUT2D eigenvalue weighted by Gasteiger charge is 2.15. The highest BCUT2D eigenvalue weighted by atomic mass is 16.3. The number of benzene rings is 1. The molecule has 1 aromatic heterocycles. The van der Waals surface area contributed by atoms with Gasteiger partial charge in [-0.15, -0.1) is 0 Å². The lowest BCUT2D eigenvalue weighted by molar-refractivity contribution is 0.230. The molecule has 20 heavy (non-hydrogen) atoms. The van der Waals surface area contributed by atoms with Crippen molar-refractivity contribution in [2.75, 3.05) is 6.61 Å². The van der Waals surface area contributed by atoms with Gasteiger partial charge in [0.15, 0.2) is 0 Å². The predicted molar refractivity (Wildman–Crippen MR) is 78.7 cm³/mol. The largest absolute Gasteiger partial charge is 0.396 e. The molecule has 0 radical (unpaired) electrons. The summed E-state index contributed by atoms with van der Waals surface area (Å²) < 4.78 is 1.77. The summed E-state index contributed by atoms with van der Waals surface area (Å²) in [5, 5.41) is 16.6. The molecule has 108 valence electrons. The predicted octanol–water partition coefficient (Wildman–Crippen LogP) is 1.83. The molecule has 0 atom stereocenters. The molecule has 2 aromatic rings. The number of aromatic nitrogens is 3. The Morgan fingerprint density at radius 3 is 2.75 bits per heavy atom. The third-order valence-electron chi connectivity index (χ3n) is 3.43. The van der Waals surface area contributed by atoms with Gasteiger partial charge in [-0.25, -0.2) is 9.67 Å². The molecule has 0 saturated carbocycles. The van der Waals surface area contributed by atoms with Gasteiger partial charge < -0.3 is 10.4 Å². The number of rotatable bonds is 6. The van der Waals surface area contributed by atoms with Gasteiger partial charge in [-0.3, -0.25) is 0 Å². The van der Waals surface area contributed by atoms with Crippen LogP contribution in [0.2, 0.25) is 0 Å². The maximum absolute atomic E-state index is 9.03. The van der Waals surface area contributed by atoms with E-state index < -0.39 is 0 Å². The van der Waals surface area contributed by atoms with Crippen molar-refractivity contribution >= 4 is 0 Å². The van der Waals surface area contributed by atoms with Crippen LogP contribution in [-0.2, 0) is 6.54 Å². The Balaban J connectivity index is 2.06. The smallest absolute Gasteiger partial charge is 0.138 e. The lowest BCUT2D eigenvalue weighted by Crippen LogP contribution is -2.39. The van der Waals surface area contributed by atoms with E-state index in [0.717, 1.165) is 24.2 Å². The fourth-order valence-corrected chi connectivity index (χ4v) is 2.13. The monoisotopic (exact) mass is 274 g/mol. The Hall–Kier alpha value is -1.72. The van der Waals surface area contributed by atoms with Gasteiger partial charge in [-0.2, -0.15) is 5.10 Å². The van der Waals surface area contributed by atoms with E-state index in [1.165, 1.54) is 11.9 Å². The van der Waals surface area contributed by atoms with Crippen LogP contribution in [0.3, 0.4) is 0 Å². The standard InChI is InChI=1S/C15H22N4O/c1-12-8-13(9-17-15(2,3)6-7-20)4-5-14(12)19-11-16-10-18-19/h4-5,8,10-11,17,20H,6-7,9H2,1-3H3. The zero-order valence-electron chi connectivity index (χ0n) is 12.3. The zero-order chi connectivity index (χ0) is 14.6. The summed E-state index contributed by atoms with van der Waals surface area (Å²) in [6, 6.07) is 6.30. The fraction of sp³-hybridized carbons (Fsp3) is 0.467. The average molecular weight is 274 g/mol. The van der Waals surface area contributed by atoms with Crippen molar-refractivity contribution in [2.24, 2.45) is 0 Å². The maximum Gasteiger partial charge on any atom is 0.138 e. The van der Waals surface area contributed by atoms with Gasteiger partial charge in [0.25, 0.3) is 0 Å². The Bertz CT molecular complexity index is 549. The Labute approximate surface area is 119 Å². The molecule has 0 saturated heterocycles. The lowest BCUT2D eigenvalue weighted by atomic mass is 10.0. The molecule has 0 aliphatic carbocycles. The van der Waals surface area contributed by atoms with Crippen LogP contribution in [0, 0.1) is 6.92 Å². The minimum atomic E-state index is -0.0623. The second kappa shape index (κ2) is 6.15. The SMILES string of the molecule is Cc1cc(CNC(C)(C)CCO)ccc1-n1cncn1. The second-order valence-electron chi connectivity index (χ2n) is 5.67. The van der Waals surface area contributed by atoms with Crippen molar-refractivity contribution in [3.63, 3.8) is 0 Å². The summed E-state index contributed by atoms with van der Waals surface area (Å²) in [7, 11) is 0. The summed E-state index contributed by atoms with van der Waals surface area (Å²) in [6.45, 7) is 7.24. The molecule has 0 bridgehead atoms. The summed E-state index contributed by atoms with van der Waals surface area (Å²) >= 11 is 0. The number of aliphatic hydroxyl groups excluding tert-OH is 1. The first-order chi connectivity index (χ1) is 9.52. The highest BCUT2D eigenvalue weighted by molar-refractivity contribution is 5.41. The molecule has 1 heterocycles. The van der Waals surface area contributed by atoms with Crippen LogP contribution < -0.4 is 5.32 Å². The molecule has 5 nitrogen and oxygen atoms in total. The van der Waals surface area contributed by atoms with Crippen LogP contribution in [-0.4, -0.2) is 32.0 Å². The van der Waals surface area contributed by atoms with Gasteiger partial charge >= 0.3 is 0 Å². The van der Waals surface area contributed by atoms with E-state index >= 15 is 0 Å². The lowest BCUT2D eigenvalue weighted by Gasteiger charge is -2.25. The first kappa shape index (κ1) is 14.7. The Kier molecular flexibility index (Phi) is 4.52. The van der Waals surface area contributed by atoms with Crippen LogP contribution in [0.4, 0.5) is 0 Å². The Morgan fingerprint density at radius 2 is 2.15 bits per heavy atom. The molecule has 2 rings (SSSR count). The van der Waals surface area contributed by atoms with Gasteiger partial charge in [0, 0.05) is 18.7 Å². The number of aliphatic hydroxyl groups is 1. The van der Waals surface area contributed by atoms with Gasteiger partial charge in [0.2, 0.25) is 0 Å². The molecule has 0 spiro atoms. The fourth-order valence-electron chi connectivity index (χ4n) is 2.13. The number of aryl methyl sites for hydroxylation is 1. The number of nitrogens with zero attached hydrogens (tertiary/aromatic N) is 3. The van der Waals surface area contributed by atoms with Crippen molar-refractivity contribution in [1.29, 1.82) is 0 Å². The molecule has 0 unspecified atom stereocenters. The average Bonchev–Trinajstić information content (AvgIpc) is 2.90. The van der Waals surface area contributed by atoms with E-state index in [9.17, 15) is 0 Å². The minimum absolute atomic E-state index is 0.0623. The molecule has 0 fully saturated rings. The molecular weight excluding hydrogens is 252 g/mol. The molecule has 2 N–H and O–H groups in total. The maximum atomic E-state index is 9.03. The zero-order valence-corrected chi connectivity index (χ0v) is 12.3. The summed E-state index contributed by atoms with van der Waals surface area (Å²) in [6.07, 6.45) is 3.97. The first-order valence-corrected chi connectivity index (χ1v) is 6.82. The van der Waals surface area contributed by atoms with E-state index in [4.69, 9.17) is 5.11 Å². The summed E-state index contributed by atoms with van der Waals surface area (Å²) in [4.78, 5) is 3.97. The molecule has 0 aliphatic rings. The van der Waals surface area contributed by atoms with Crippen molar-refractivity contribution in [3.05, 3.63) is 42.0 Å². The molecular formula is C15H22N4O. The second-order valence-corrected chi connectivity index (χ2v) is 5.67. The molecule has 0 aliphatic heterocycles. The number of nitrogens with one attached hydrogen (secondary N) is 1.